The number of carbonyl (C=O) groups is 1. The van der Waals surface area contributed by atoms with Crippen LogP contribution in [0.1, 0.15) is 53.6 Å². The molecule has 7 nitrogen and oxygen atoms in total. The van der Waals surface area contributed by atoms with Crippen LogP contribution in [0.4, 0.5) is 5.82 Å². The van der Waals surface area contributed by atoms with Crippen LogP contribution in [-0.4, -0.2) is 48.9 Å². The number of nitrogens with zero attached hydrogens (tertiary/aromatic N) is 3. The van der Waals surface area contributed by atoms with E-state index in [0.29, 0.717) is 29.2 Å². The fraction of sp³-hybridized carbons (Fsp3) is 0.414. The fourth-order valence-corrected chi connectivity index (χ4v) is 5.81. The molecule has 3 aromatic rings. The van der Waals surface area contributed by atoms with Crippen LogP contribution in [0.15, 0.2) is 42.5 Å². The summed E-state index contributed by atoms with van der Waals surface area (Å²) >= 11 is 0. The second-order valence-corrected chi connectivity index (χ2v) is 10.0. The zero-order valence-corrected chi connectivity index (χ0v) is 20.9. The molecule has 0 bridgehead atoms. The number of hydrogen-bond acceptors (Lipinski definition) is 7. The molecule has 186 valence electrons. The van der Waals surface area contributed by atoms with Crippen LogP contribution in [0, 0.1) is 0 Å². The molecule has 6 rings (SSSR count). The highest BCUT2D eigenvalue weighted by molar-refractivity contribution is 6.03. The van der Waals surface area contributed by atoms with Crippen molar-refractivity contribution in [1.29, 1.82) is 0 Å². The topological polar surface area (TPSA) is 73.8 Å². The van der Waals surface area contributed by atoms with E-state index in [1.165, 1.54) is 30.4 Å². The van der Waals surface area contributed by atoms with Crippen molar-refractivity contribution in [2.45, 2.75) is 50.5 Å². The number of hydrogen-bond donors (Lipinski definition) is 0. The first-order valence-corrected chi connectivity index (χ1v) is 12.8. The van der Waals surface area contributed by atoms with Gasteiger partial charge in [0, 0.05) is 43.6 Å². The molecule has 0 amide bonds. The molecular formula is C29H31N3O4. The summed E-state index contributed by atoms with van der Waals surface area (Å²) in [6.07, 6.45) is 6.68. The number of carbonyl (C=O) groups excluding carboxylic acids is 1. The maximum absolute atomic E-state index is 13.1. The van der Waals surface area contributed by atoms with E-state index in [1.807, 2.05) is 0 Å². The third-order valence-electron chi connectivity index (χ3n) is 7.88. The lowest BCUT2D eigenvalue weighted by Crippen LogP contribution is -2.51. The van der Waals surface area contributed by atoms with E-state index in [9.17, 15) is 4.79 Å². The molecule has 3 aliphatic rings. The van der Waals surface area contributed by atoms with Crippen LogP contribution in [0.25, 0.3) is 11.3 Å². The predicted octanol–water partition coefficient (Wildman–Crippen LogP) is 5.04. The summed E-state index contributed by atoms with van der Waals surface area (Å²) in [5.74, 6) is 2.57. The smallest absolute Gasteiger partial charge is 0.174 e. The Balaban J connectivity index is 1.16. The Morgan fingerprint density at radius 2 is 1.72 bits per heavy atom. The van der Waals surface area contributed by atoms with E-state index in [0.717, 1.165) is 49.4 Å². The lowest BCUT2D eigenvalue weighted by Gasteiger charge is -2.44. The summed E-state index contributed by atoms with van der Waals surface area (Å²) in [5, 5.41) is 9.11. The molecule has 0 N–H and O–H groups in total. The molecule has 0 atom stereocenters. The van der Waals surface area contributed by atoms with E-state index in [4.69, 9.17) is 14.2 Å². The number of fused-ring (bicyclic) bond motifs is 2. The SMILES string of the molecule is COc1cc(OC)c2c(c1)OC1(CCN(c3ccc(-c4ccc5c(c4)CCCC5)nn3)CC1)CC2=O. The number of rotatable bonds is 4. The second kappa shape index (κ2) is 9.12. The average Bonchev–Trinajstić information content (AvgIpc) is 2.92. The minimum Gasteiger partial charge on any atom is -0.496 e. The quantitative estimate of drug-likeness (QED) is 0.512. The summed E-state index contributed by atoms with van der Waals surface area (Å²) in [7, 11) is 3.15. The standard InChI is InChI=1S/C29H31N3O4/c1-34-22-16-25(35-2)28-24(33)18-29(36-26(28)17-22)11-13-32(14-12-29)27-10-9-23(30-31-27)21-8-7-19-5-3-4-6-20(19)15-21/h7-10,15-17H,3-6,11-14,18H2,1-2H3. The average molecular weight is 486 g/mol. The Hall–Kier alpha value is -3.61. The zero-order chi connectivity index (χ0) is 24.7. The summed E-state index contributed by atoms with van der Waals surface area (Å²) < 4.78 is 17.3. The highest BCUT2D eigenvalue weighted by Gasteiger charge is 2.44. The molecule has 1 aromatic heterocycles. The first kappa shape index (κ1) is 22.8. The van der Waals surface area contributed by atoms with Crippen LogP contribution in [0.2, 0.25) is 0 Å². The largest absolute Gasteiger partial charge is 0.496 e. The van der Waals surface area contributed by atoms with Crippen LogP contribution in [0.5, 0.6) is 17.2 Å². The lowest BCUT2D eigenvalue weighted by molar-refractivity contribution is 0.0224. The summed E-state index contributed by atoms with van der Waals surface area (Å²) in [6.45, 7) is 1.49. The minimum absolute atomic E-state index is 0.0541. The number of ketones is 1. The van der Waals surface area contributed by atoms with Crippen molar-refractivity contribution < 1.29 is 19.0 Å². The maximum Gasteiger partial charge on any atom is 0.174 e. The molecule has 0 unspecified atom stereocenters. The normalized spacial score (nSPS) is 18.3. The fourth-order valence-electron chi connectivity index (χ4n) is 5.81. The Kier molecular flexibility index (Phi) is 5.78. The van der Waals surface area contributed by atoms with Gasteiger partial charge < -0.3 is 19.1 Å². The predicted molar refractivity (Wildman–Crippen MR) is 137 cm³/mol. The molecule has 3 heterocycles. The van der Waals surface area contributed by atoms with Crippen LogP contribution in [-0.2, 0) is 12.8 Å². The van der Waals surface area contributed by atoms with Crippen molar-refractivity contribution in [2.75, 3.05) is 32.2 Å². The van der Waals surface area contributed by atoms with E-state index >= 15 is 0 Å². The van der Waals surface area contributed by atoms with Crippen molar-refractivity contribution in [2.24, 2.45) is 0 Å². The van der Waals surface area contributed by atoms with Gasteiger partial charge in [0.25, 0.3) is 0 Å². The van der Waals surface area contributed by atoms with Gasteiger partial charge in [0.15, 0.2) is 11.6 Å². The van der Waals surface area contributed by atoms with Gasteiger partial charge in [0.2, 0.25) is 0 Å². The van der Waals surface area contributed by atoms with E-state index in [-0.39, 0.29) is 5.78 Å². The molecule has 2 aliphatic heterocycles. The van der Waals surface area contributed by atoms with Crippen molar-refractivity contribution in [1.82, 2.24) is 10.2 Å². The third-order valence-corrected chi connectivity index (χ3v) is 7.88. The molecule has 0 saturated carbocycles. The van der Waals surface area contributed by atoms with E-state index in [2.05, 4.69) is 45.4 Å². The van der Waals surface area contributed by atoms with Crippen LogP contribution in [0.3, 0.4) is 0 Å². The third kappa shape index (κ3) is 4.06. The maximum atomic E-state index is 13.1. The molecular weight excluding hydrogens is 454 g/mol. The van der Waals surface area contributed by atoms with Crippen molar-refractivity contribution >= 4 is 11.6 Å². The van der Waals surface area contributed by atoms with Gasteiger partial charge in [-0.1, -0.05) is 12.1 Å². The Morgan fingerprint density at radius 3 is 2.44 bits per heavy atom. The number of aryl methyl sites for hydroxylation is 2. The molecule has 1 aliphatic carbocycles. The van der Waals surface area contributed by atoms with Gasteiger partial charge >= 0.3 is 0 Å². The Morgan fingerprint density at radius 1 is 0.917 bits per heavy atom. The van der Waals surface area contributed by atoms with Gasteiger partial charge in [-0.15, -0.1) is 10.2 Å². The van der Waals surface area contributed by atoms with Gasteiger partial charge in [0.1, 0.15) is 28.4 Å². The van der Waals surface area contributed by atoms with Crippen molar-refractivity contribution in [3.8, 4) is 28.5 Å². The van der Waals surface area contributed by atoms with Gasteiger partial charge in [-0.3, -0.25) is 4.79 Å². The second-order valence-electron chi connectivity index (χ2n) is 10.0. The zero-order valence-electron chi connectivity index (χ0n) is 20.9. The number of aromatic nitrogens is 2. The Labute approximate surface area is 211 Å². The monoisotopic (exact) mass is 485 g/mol. The molecule has 1 fully saturated rings. The van der Waals surface area contributed by atoms with Crippen molar-refractivity contribution in [3.05, 3.63) is 59.2 Å². The number of anilines is 1. The first-order valence-electron chi connectivity index (χ1n) is 12.8. The molecule has 7 heteroatoms. The number of benzene rings is 2. The van der Waals surface area contributed by atoms with Crippen molar-refractivity contribution in [3.63, 3.8) is 0 Å². The number of ether oxygens (including phenoxy) is 3. The highest BCUT2D eigenvalue weighted by Crippen LogP contribution is 2.45. The molecule has 2 aromatic carbocycles. The van der Waals surface area contributed by atoms with Crippen LogP contribution < -0.4 is 19.1 Å². The Bertz CT molecular complexity index is 1300. The van der Waals surface area contributed by atoms with Gasteiger partial charge in [-0.25, -0.2) is 0 Å². The number of piperidine rings is 1. The minimum atomic E-state index is -0.519. The molecule has 36 heavy (non-hydrogen) atoms. The van der Waals surface area contributed by atoms with E-state index < -0.39 is 5.60 Å². The van der Waals surface area contributed by atoms with Gasteiger partial charge in [0.05, 0.1) is 26.3 Å². The molecule has 1 spiro atoms. The van der Waals surface area contributed by atoms with Gasteiger partial charge in [-0.2, -0.15) is 0 Å². The molecule has 1 saturated heterocycles. The lowest BCUT2D eigenvalue weighted by atomic mass is 9.82. The number of methoxy groups -OCH3 is 2. The van der Waals surface area contributed by atoms with Crippen LogP contribution >= 0.6 is 0 Å². The van der Waals surface area contributed by atoms with Gasteiger partial charge in [-0.05, 0) is 55.0 Å². The summed E-state index contributed by atoms with van der Waals surface area (Å²) in [4.78, 5) is 15.3. The first-order chi connectivity index (χ1) is 17.6. The van der Waals surface area contributed by atoms with E-state index in [1.54, 1.807) is 26.4 Å². The highest BCUT2D eigenvalue weighted by atomic mass is 16.5. The molecule has 0 radical (unpaired) electrons. The summed E-state index contributed by atoms with van der Waals surface area (Å²) in [6, 6.07) is 14.3. The number of Topliss-reactive ketones (excluding diaryl/α,β-unsaturated/α-hetero) is 1. The summed E-state index contributed by atoms with van der Waals surface area (Å²) in [5.41, 5.74) is 4.95.